The van der Waals surface area contributed by atoms with Crippen LogP contribution >= 0.6 is 11.8 Å². The molecule has 32 heavy (non-hydrogen) atoms. The van der Waals surface area contributed by atoms with Crippen molar-refractivity contribution in [1.82, 2.24) is 9.80 Å². The van der Waals surface area contributed by atoms with Crippen LogP contribution < -0.4 is 4.74 Å². The van der Waals surface area contributed by atoms with E-state index in [1.54, 1.807) is 18.1 Å². The molecule has 0 aliphatic carbocycles. The molecule has 0 aromatic heterocycles. The molecule has 0 N–H and O–H groups in total. The minimum Gasteiger partial charge on any atom is -0.497 e. The maximum absolute atomic E-state index is 13.3. The van der Waals surface area contributed by atoms with Gasteiger partial charge in [-0.3, -0.25) is 14.5 Å². The standard InChI is InChI=1S/C25H27N3O3S/c1-18(23(29)27-14-6-7-15-27)32-25-26-22(16-19-10-12-21(31-2)13-11-19)24(30)28(25)17-20-8-4-3-5-9-20/h3-5,8-13,16,18H,6-7,14-15,17H2,1-2H3/b22-16-. The van der Waals surface area contributed by atoms with Gasteiger partial charge in [0.2, 0.25) is 5.91 Å². The van der Waals surface area contributed by atoms with Crippen molar-refractivity contribution in [3.05, 3.63) is 71.4 Å². The Labute approximate surface area is 193 Å². The Morgan fingerprint density at radius 1 is 1.12 bits per heavy atom. The van der Waals surface area contributed by atoms with Gasteiger partial charge in [0.25, 0.3) is 5.91 Å². The Balaban J connectivity index is 1.58. The summed E-state index contributed by atoms with van der Waals surface area (Å²) in [5.74, 6) is 0.701. The Morgan fingerprint density at radius 3 is 2.47 bits per heavy atom. The number of aliphatic imine (C=N–C) groups is 1. The predicted molar refractivity (Wildman–Crippen MR) is 128 cm³/mol. The van der Waals surface area contributed by atoms with Gasteiger partial charge in [-0.15, -0.1) is 0 Å². The number of likely N-dealkylation sites (tertiary alicyclic amines) is 1. The Kier molecular flexibility index (Phi) is 6.95. The Morgan fingerprint density at radius 2 is 1.81 bits per heavy atom. The van der Waals surface area contributed by atoms with Gasteiger partial charge in [0.1, 0.15) is 11.4 Å². The summed E-state index contributed by atoms with van der Waals surface area (Å²) in [6.45, 7) is 3.93. The van der Waals surface area contributed by atoms with E-state index >= 15 is 0 Å². The molecule has 1 saturated heterocycles. The van der Waals surface area contributed by atoms with E-state index in [0.717, 1.165) is 42.8 Å². The maximum atomic E-state index is 13.3. The van der Waals surface area contributed by atoms with E-state index in [1.807, 2.05) is 66.4 Å². The predicted octanol–water partition coefficient (Wildman–Crippen LogP) is 4.18. The van der Waals surface area contributed by atoms with Crippen LogP contribution in [0.3, 0.4) is 0 Å². The van der Waals surface area contributed by atoms with Crippen molar-refractivity contribution in [2.45, 2.75) is 31.6 Å². The molecule has 166 valence electrons. The average molecular weight is 450 g/mol. The van der Waals surface area contributed by atoms with Gasteiger partial charge in [-0.25, -0.2) is 4.99 Å². The molecule has 2 heterocycles. The Hall–Kier alpha value is -3.06. The number of benzene rings is 2. The quantitative estimate of drug-likeness (QED) is 0.621. The first-order valence-electron chi connectivity index (χ1n) is 10.8. The summed E-state index contributed by atoms with van der Waals surface area (Å²) < 4.78 is 5.21. The van der Waals surface area contributed by atoms with Crippen LogP contribution in [-0.4, -0.2) is 52.2 Å². The molecule has 0 saturated carbocycles. The van der Waals surface area contributed by atoms with Crippen LogP contribution in [0.2, 0.25) is 0 Å². The molecule has 6 nitrogen and oxygen atoms in total. The van der Waals surface area contributed by atoms with Gasteiger partial charge < -0.3 is 9.64 Å². The van der Waals surface area contributed by atoms with Crippen molar-refractivity contribution < 1.29 is 14.3 Å². The fraction of sp³-hybridized carbons (Fsp3) is 0.320. The highest BCUT2D eigenvalue weighted by Gasteiger charge is 2.34. The lowest BCUT2D eigenvalue weighted by Crippen LogP contribution is -2.37. The van der Waals surface area contributed by atoms with Crippen LogP contribution in [0, 0.1) is 0 Å². The number of methoxy groups -OCH3 is 1. The van der Waals surface area contributed by atoms with Gasteiger partial charge in [0, 0.05) is 13.1 Å². The van der Waals surface area contributed by atoms with Crippen LogP contribution in [0.25, 0.3) is 6.08 Å². The van der Waals surface area contributed by atoms with Gasteiger partial charge >= 0.3 is 0 Å². The summed E-state index contributed by atoms with van der Waals surface area (Å²) in [6.07, 6.45) is 3.88. The first-order valence-corrected chi connectivity index (χ1v) is 11.7. The van der Waals surface area contributed by atoms with Gasteiger partial charge in [0.15, 0.2) is 5.17 Å². The second-order valence-corrected chi connectivity index (χ2v) is 9.17. The molecular formula is C25H27N3O3S. The second kappa shape index (κ2) is 10.0. The van der Waals surface area contributed by atoms with Gasteiger partial charge in [-0.2, -0.15) is 0 Å². The van der Waals surface area contributed by atoms with Crippen molar-refractivity contribution in [1.29, 1.82) is 0 Å². The third-order valence-corrected chi connectivity index (χ3v) is 6.64. The van der Waals surface area contributed by atoms with Crippen molar-refractivity contribution >= 4 is 34.8 Å². The summed E-state index contributed by atoms with van der Waals surface area (Å²) in [5.41, 5.74) is 2.25. The van der Waals surface area contributed by atoms with Crippen LogP contribution in [0.1, 0.15) is 30.9 Å². The molecule has 2 aromatic rings. The number of ether oxygens (including phenoxy) is 1. The summed E-state index contributed by atoms with van der Waals surface area (Å²) in [7, 11) is 1.62. The lowest BCUT2D eigenvalue weighted by Gasteiger charge is -2.23. The van der Waals surface area contributed by atoms with E-state index in [0.29, 0.717) is 17.4 Å². The fourth-order valence-corrected chi connectivity index (χ4v) is 4.78. The molecule has 2 amide bonds. The van der Waals surface area contributed by atoms with Crippen LogP contribution in [0.4, 0.5) is 0 Å². The number of hydrogen-bond acceptors (Lipinski definition) is 5. The lowest BCUT2D eigenvalue weighted by atomic mass is 10.1. The zero-order valence-electron chi connectivity index (χ0n) is 18.4. The zero-order chi connectivity index (χ0) is 22.5. The van der Waals surface area contributed by atoms with E-state index in [9.17, 15) is 9.59 Å². The molecule has 7 heteroatoms. The fourth-order valence-electron chi connectivity index (χ4n) is 3.79. The summed E-state index contributed by atoms with van der Waals surface area (Å²) in [4.78, 5) is 34.3. The number of carbonyl (C=O) groups excluding carboxylic acids is 2. The van der Waals surface area contributed by atoms with Gasteiger partial charge in [-0.1, -0.05) is 54.2 Å². The van der Waals surface area contributed by atoms with E-state index in [2.05, 4.69) is 4.99 Å². The molecule has 1 unspecified atom stereocenters. The largest absolute Gasteiger partial charge is 0.497 e. The van der Waals surface area contributed by atoms with Crippen molar-refractivity contribution in [2.24, 2.45) is 4.99 Å². The number of rotatable bonds is 6. The molecule has 1 atom stereocenters. The molecular weight excluding hydrogens is 422 g/mol. The minimum absolute atomic E-state index is 0.106. The summed E-state index contributed by atoms with van der Waals surface area (Å²) in [6, 6.07) is 17.3. The normalized spacial score (nSPS) is 18.2. The van der Waals surface area contributed by atoms with Crippen LogP contribution in [0.15, 0.2) is 65.3 Å². The number of amidine groups is 1. The molecule has 4 rings (SSSR count). The number of hydrogen-bond donors (Lipinski definition) is 0. The first-order chi connectivity index (χ1) is 15.5. The van der Waals surface area contributed by atoms with Crippen LogP contribution in [-0.2, 0) is 16.1 Å². The highest BCUT2D eigenvalue weighted by molar-refractivity contribution is 8.14. The molecule has 0 spiro atoms. The van der Waals surface area contributed by atoms with Crippen molar-refractivity contribution in [3.63, 3.8) is 0 Å². The molecule has 0 radical (unpaired) electrons. The van der Waals surface area contributed by atoms with Gasteiger partial charge in [0.05, 0.1) is 18.9 Å². The number of thioether (sulfide) groups is 1. The van der Waals surface area contributed by atoms with E-state index in [-0.39, 0.29) is 17.1 Å². The highest BCUT2D eigenvalue weighted by atomic mass is 32.2. The third-order valence-electron chi connectivity index (χ3n) is 5.56. The molecule has 1 fully saturated rings. The monoisotopic (exact) mass is 449 g/mol. The van der Waals surface area contributed by atoms with Crippen LogP contribution in [0.5, 0.6) is 5.75 Å². The maximum Gasteiger partial charge on any atom is 0.278 e. The van der Waals surface area contributed by atoms with E-state index in [4.69, 9.17) is 4.74 Å². The minimum atomic E-state index is -0.307. The van der Waals surface area contributed by atoms with E-state index < -0.39 is 0 Å². The SMILES string of the molecule is COc1ccc(/C=C2\N=C(SC(C)C(=O)N3CCCC3)N(Cc3ccccc3)C2=O)cc1. The lowest BCUT2D eigenvalue weighted by molar-refractivity contribution is -0.129. The number of carbonyl (C=O) groups is 2. The number of amides is 2. The van der Waals surface area contributed by atoms with Crippen molar-refractivity contribution in [3.8, 4) is 5.75 Å². The third kappa shape index (κ3) is 5.05. The molecule has 2 aromatic carbocycles. The summed E-state index contributed by atoms with van der Waals surface area (Å²) >= 11 is 1.36. The van der Waals surface area contributed by atoms with Gasteiger partial charge in [-0.05, 0) is 49.1 Å². The highest BCUT2D eigenvalue weighted by Crippen LogP contribution is 2.29. The molecule has 0 bridgehead atoms. The number of nitrogens with zero attached hydrogens (tertiary/aromatic N) is 3. The zero-order valence-corrected chi connectivity index (χ0v) is 19.2. The van der Waals surface area contributed by atoms with E-state index in [1.165, 1.54) is 11.8 Å². The topological polar surface area (TPSA) is 62.2 Å². The van der Waals surface area contributed by atoms with Crippen molar-refractivity contribution in [2.75, 3.05) is 20.2 Å². The first kappa shape index (κ1) is 22.1. The second-order valence-electron chi connectivity index (χ2n) is 7.87. The summed E-state index contributed by atoms with van der Waals surface area (Å²) in [5, 5.41) is 0.261. The smallest absolute Gasteiger partial charge is 0.278 e. The molecule has 2 aliphatic rings. The Bertz CT molecular complexity index is 1030. The average Bonchev–Trinajstić information content (AvgIpc) is 3.45. The molecule has 2 aliphatic heterocycles.